The summed E-state index contributed by atoms with van der Waals surface area (Å²) in [6.45, 7) is 9.43. The molecule has 0 spiro atoms. The molecule has 1 aliphatic heterocycles. The van der Waals surface area contributed by atoms with Crippen LogP contribution in [0.2, 0.25) is 0 Å². The van der Waals surface area contributed by atoms with Gasteiger partial charge in [-0.15, -0.1) is 0 Å². The van der Waals surface area contributed by atoms with E-state index in [2.05, 4.69) is 33.8 Å². The topological polar surface area (TPSA) is 46.3 Å². The molecule has 0 saturated heterocycles. The first-order chi connectivity index (χ1) is 8.81. The van der Waals surface area contributed by atoms with E-state index in [1.807, 2.05) is 17.0 Å². The Hall–Kier alpha value is -1.51. The molecule has 2 rings (SSSR count). The number of benzene rings is 1. The molecule has 1 aromatic carbocycles. The summed E-state index contributed by atoms with van der Waals surface area (Å²) in [4.78, 5) is 14.3. The summed E-state index contributed by atoms with van der Waals surface area (Å²) in [6.07, 6.45) is 1.49. The minimum absolute atomic E-state index is 0.0183. The van der Waals surface area contributed by atoms with Gasteiger partial charge in [0, 0.05) is 24.3 Å². The summed E-state index contributed by atoms with van der Waals surface area (Å²) in [5.41, 5.74) is 8.89. The number of carbonyl (C=O) groups is 1. The number of carbonyl (C=O) groups excluding carboxylic acids is 1. The third kappa shape index (κ3) is 2.75. The van der Waals surface area contributed by atoms with Gasteiger partial charge in [0.25, 0.3) is 0 Å². The van der Waals surface area contributed by atoms with Crippen molar-refractivity contribution in [1.29, 1.82) is 0 Å². The molecule has 1 aliphatic rings. The van der Waals surface area contributed by atoms with Gasteiger partial charge in [0.15, 0.2) is 0 Å². The Bertz CT molecular complexity index is 492. The molecule has 3 nitrogen and oxygen atoms in total. The van der Waals surface area contributed by atoms with Crippen LogP contribution in [-0.2, 0) is 10.2 Å². The molecule has 0 aromatic heterocycles. The van der Waals surface area contributed by atoms with E-state index in [1.165, 1.54) is 5.56 Å². The van der Waals surface area contributed by atoms with Gasteiger partial charge in [-0.2, -0.15) is 0 Å². The van der Waals surface area contributed by atoms with Crippen LogP contribution in [0.4, 0.5) is 11.4 Å². The first-order valence-corrected chi connectivity index (χ1v) is 7.01. The first-order valence-electron chi connectivity index (χ1n) is 7.01. The normalized spacial score (nSPS) is 18.4. The summed E-state index contributed by atoms with van der Waals surface area (Å²) in [5.74, 6) is 0.658. The summed E-state index contributed by atoms with van der Waals surface area (Å²) >= 11 is 0. The molecule has 3 heteroatoms. The monoisotopic (exact) mass is 260 g/mol. The van der Waals surface area contributed by atoms with Gasteiger partial charge in [0.2, 0.25) is 5.91 Å². The summed E-state index contributed by atoms with van der Waals surface area (Å²) < 4.78 is 0. The van der Waals surface area contributed by atoms with Crippen molar-refractivity contribution in [2.75, 3.05) is 17.2 Å². The van der Waals surface area contributed by atoms with E-state index in [9.17, 15) is 4.79 Å². The first kappa shape index (κ1) is 13.9. The van der Waals surface area contributed by atoms with Gasteiger partial charge in [-0.3, -0.25) is 4.79 Å². The maximum atomic E-state index is 12.4. The van der Waals surface area contributed by atoms with Crippen molar-refractivity contribution in [1.82, 2.24) is 0 Å². The lowest BCUT2D eigenvalue weighted by Gasteiger charge is -2.28. The lowest BCUT2D eigenvalue weighted by atomic mass is 9.80. The zero-order valence-electron chi connectivity index (χ0n) is 12.4. The van der Waals surface area contributed by atoms with Gasteiger partial charge < -0.3 is 10.6 Å². The highest BCUT2D eigenvalue weighted by Gasteiger charge is 2.32. The van der Waals surface area contributed by atoms with Crippen molar-refractivity contribution in [2.24, 2.45) is 5.92 Å². The average molecular weight is 260 g/mol. The van der Waals surface area contributed by atoms with E-state index in [0.717, 1.165) is 24.3 Å². The molecule has 104 valence electrons. The molecular formula is C16H24N2O. The zero-order valence-corrected chi connectivity index (χ0v) is 12.4. The maximum Gasteiger partial charge on any atom is 0.227 e. The van der Waals surface area contributed by atoms with E-state index in [1.54, 1.807) is 0 Å². The van der Waals surface area contributed by atoms with Crippen LogP contribution >= 0.6 is 0 Å². The quantitative estimate of drug-likeness (QED) is 0.829. The standard InChI is InChI=1S/C16H24N2O/c1-11(2)10-18-14-9-12(17)5-6-13(14)16(3,4)8-7-15(18)19/h5-6,9,11H,7-8,10,17H2,1-4H3. The van der Waals surface area contributed by atoms with Crippen molar-refractivity contribution < 1.29 is 4.79 Å². The van der Waals surface area contributed by atoms with Crippen molar-refractivity contribution in [3.63, 3.8) is 0 Å². The Morgan fingerprint density at radius 3 is 2.68 bits per heavy atom. The molecule has 0 unspecified atom stereocenters. The predicted octanol–water partition coefficient (Wildman–Crippen LogP) is 3.33. The van der Waals surface area contributed by atoms with Crippen LogP contribution in [0, 0.1) is 5.92 Å². The van der Waals surface area contributed by atoms with E-state index in [4.69, 9.17) is 5.73 Å². The van der Waals surface area contributed by atoms with Crippen molar-refractivity contribution in [3.8, 4) is 0 Å². The summed E-state index contributed by atoms with van der Waals surface area (Å²) in [6, 6.07) is 5.96. The van der Waals surface area contributed by atoms with Gasteiger partial charge in [-0.25, -0.2) is 0 Å². The van der Waals surface area contributed by atoms with E-state index < -0.39 is 0 Å². The minimum Gasteiger partial charge on any atom is -0.399 e. The number of amides is 1. The molecule has 1 amide bonds. The summed E-state index contributed by atoms with van der Waals surface area (Å²) in [5, 5.41) is 0. The Morgan fingerprint density at radius 1 is 1.37 bits per heavy atom. The number of nitrogens with zero attached hydrogens (tertiary/aromatic N) is 1. The SMILES string of the molecule is CC(C)CN1C(=O)CCC(C)(C)c2ccc(N)cc21. The second-order valence-corrected chi connectivity index (χ2v) is 6.56. The number of rotatable bonds is 2. The molecule has 0 bridgehead atoms. The van der Waals surface area contributed by atoms with Crippen LogP contribution in [0.25, 0.3) is 0 Å². The molecule has 1 heterocycles. The van der Waals surface area contributed by atoms with Crippen LogP contribution in [-0.4, -0.2) is 12.5 Å². The highest BCUT2D eigenvalue weighted by Crippen LogP contribution is 2.40. The summed E-state index contributed by atoms with van der Waals surface area (Å²) in [7, 11) is 0. The van der Waals surface area contributed by atoms with Crippen molar-refractivity contribution in [3.05, 3.63) is 23.8 Å². The molecule has 1 aromatic rings. The fourth-order valence-electron chi connectivity index (χ4n) is 2.73. The number of nitrogen functional groups attached to an aromatic ring is 1. The molecule has 0 fully saturated rings. The third-order valence-electron chi connectivity index (χ3n) is 3.85. The third-order valence-corrected chi connectivity index (χ3v) is 3.85. The highest BCUT2D eigenvalue weighted by atomic mass is 16.2. The van der Waals surface area contributed by atoms with Crippen LogP contribution in [0.3, 0.4) is 0 Å². The Morgan fingerprint density at radius 2 is 2.05 bits per heavy atom. The van der Waals surface area contributed by atoms with E-state index in [0.29, 0.717) is 12.3 Å². The molecule has 0 aliphatic carbocycles. The number of hydrogen-bond acceptors (Lipinski definition) is 2. The van der Waals surface area contributed by atoms with Crippen LogP contribution < -0.4 is 10.6 Å². The van der Waals surface area contributed by atoms with Crippen molar-refractivity contribution in [2.45, 2.75) is 46.0 Å². The Balaban J connectivity index is 2.55. The second-order valence-electron chi connectivity index (χ2n) is 6.56. The molecule has 0 saturated carbocycles. The van der Waals surface area contributed by atoms with Crippen LogP contribution in [0.5, 0.6) is 0 Å². The highest BCUT2D eigenvalue weighted by molar-refractivity contribution is 5.96. The molecule has 19 heavy (non-hydrogen) atoms. The largest absolute Gasteiger partial charge is 0.399 e. The molecule has 0 radical (unpaired) electrons. The van der Waals surface area contributed by atoms with Gasteiger partial charge in [0.1, 0.15) is 0 Å². The van der Waals surface area contributed by atoms with Gasteiger partial charge in [0.05, 0.1) is 0 Å². The van der Waals surface area contributed by atoms with Crippen LogP contribution in [0.1, 0.15) is 46.1 Å². The lowest BCUT2D eigenvalue weighted by molar-refractivity contribution is -0.118. The molecular weight excluding hydrogens is 236 g/mol. The van der Waals surface area contributed by atoms with Gasteiger partial charge in [-0.1, -0.05) is 33.8 Å². The number of hydrogen-bond donors (Lipinski definition) is 1. The molecule has 0 atom stereocenters. The van der Waals surface area contributed by atoms with E-state index >= 15 is 0 Å². The molecule has 2 N–H and O–H groups in total. The maximum absolute atomic E-state index is 12.4. The predicted molar refractivity (Wildman–Crippen MR) is 80.3 cm³/mol. The van der Waals surface area contributed by atoms with Crippen molar-refractivity contribution >= 4 is 17.3 Å². The van der Waals surface area contributed by atoms with Gasteiger partial charge >= 0.3 is 0 Å². The Kier molecular flexibility index (Phi) is 3.57. The van der Waals surface area contributed by atoms with Crippen LogP contribution in [0.15, 0.2) is 18.2 Å². The fraction of sp³-hybridized carbons (Fsp3) is 0.562. The second kappa shape index (κ2) is 4.87. The number of nitrogens with two attached hydrogens (primary N) is 1. The lowest BCUT2D eigenvalue weighted by Crippen LogP contribution is -2.33. The Labute approximate surface area is 115 Å². The zero-order chi connectivity index (χ0) is 14.2. The average Bonchev–Trinajstić information content (AvgIpc) is 2.39. The van der Waals surface area contributed by atoms with Gasteiger partial charge in [-0.05, 0) is 35.4 Å². The fourth-order valence-corrected chi connectivity index (χ4v) is 2.73. The smallest absolute Gasteiger partial charge is 0.227 e. The number of anilines is 2. The number of fused-ring (bicyclic) bond motifs is 1. The van der Waals surface area contributed by atoms with E-state index in [-0.39, 0.29) is 11.3 Å². The minimum atomic E-state index is 0.0183.